The highest BCUT2D eigenvalue weighted by Gasteiger charge is 2.25. The molecule has 0 spiro atoms. The molecule has 2 aromatic rings. The molecule has 1 aliphatic rings. The molecule has 1 fully saturated rings. The minimum absolute atomic E-state index is 0.0412. The van der Waals surface area contributed by atoms with Gasteiger partial charge in [-0.3, -0.25) is 10.1 Å². The van der Waals surface area contributed by atoms with E-state index in [4.69, 9.17) is 0 Å². The number of hydrogen-bond donors (Lipinski definition) is 1. The summed E-state index contributed by atoms with van der Waals surface area (Å²) in [5.41, 5.74) is 0. The third-order valence-electron chi connectivity index (χ3n) is 4.18. The van der Waals surface area contributed by atoms with Crippen LogP contribution in [0.15, 0.2) is 53.7 Å². The van der Waals surface area contributed by atoms with Gasteiger partial charge in [-0.15, -0.1) is 11.8 Å². The van der Waals surface area contributed by atoms with Crippen LogP contribution in [-0.4, -0.2) is 46.2 Å². The number of hydrogen-bond acceptors (Lipinski definition) is 5. The zero-order valence-electron chi connectivity index (χ0n) is 13.6. The van der Waals surface area contributed by atoms with Crippen LogP contribution < -0.4 is 5.32 Å². The van der Waals surface area contributed by atoms with Crippen LogP contribution in [-0.2, 0) is 4.79 Å². The van der Waals surface area contributed by atoms with Crippen LogP contribution in [0, 0.1) is 5.92 Å². The van der Waals surface area contributed by atoms with Crippen molar-refractivity contribution in [3.8, 4) is 0 Å². The molecule has 0 saturated carbocycles. The number of nitrogens with one attached hydrogen (secondary N) is 1. The fourth-order valence-corrected chi connectivity index (χ4v) is 3.74. The number of amides is 1. The number of piperidine rings is 1. The van der Waals surface area contributed by atoms with Gasteiger partial charge in [0.05, 0.1) is 0 Å². The van der Waals surface area contributed by atoms with E-state index in [0.29, 0.717) is 5.95 Å². The van der Waals surface area contributed by atoms with Gasteiger partial charge in [-0.2, -0.15) is 0 Å². The summed E-state index contributed by atoms with van der Waals surface area (Å²) < 4.78 is 0. The first kappa shape index (κ1) is 16.9. The Bertz CT molecular complexity index is 630. The fraction of sp³-hybridized carbons (Fsp3) is 0.389. The van der Waals surface area contributed by atoms with Gasteiger partial charge in [-0.25, -0.2) is 9.97 Å². The summed E-state index contributed by atoms with van der Waals surface area (Å²) in [4.78, 5) is 24.1. The number of benzene rings is 1. The Labute approximate surface area is 146 Å². The Morgan fingerprint density at radius 3 is 2.54 bits per heavy atom. The van der Waals surface area contributed by atoms with Crippen LogP contribution in [0.1, 0.15) is 12.8 Å². The molecular weight excluding hydrogens is 320 g/mol. The predicted octanol–water partition coefficient (Wildman–Crippen LogP) is 2.92. The van der Waals surface area contributed by atoms with Gasteiger partial charge in [0.2, 0.25) is 11.9 Å². The fourth-order valence-electron chi connectivity index (χ4n) is 2.80. The first-order valence-corrected chi connectivity index (χ1v) is 9.28. The van der Waals surface area contributed by atoms with Crippen molar-refractivity contribution in [3.05, 3.63) is 48.8 Å². The number of nitrogens with zero attached hydrogens (tertiary/aromatic N) is 3. The average Bonchev–Trinajstić information content (AvgIpc) is 2.64. The molecule has 6 heteroatoms. The van der Waals surface area contributed by atoms with E-state index in [2.05, 4.69) is 44.5 Å². The highest BCUT2D eigenvalue weighted by molar-refractivity contribution is 7.99. The first-order chi connectivity index (χ1) is 11.8. The lowest BCUT2D eigenvalue weighted by molar-refractivity contribution is -0.121. The summed E-state index contributed by atoms with van der Waals surface area (Å²) in [6.45, 7) is 3.02. The molecule has 0 bridgehead atoms. The molecule has 24 heavy (non-hydrogen) atoms. The highest BCUT2D eigenvalue weighted by Crippen LogP contribution is 2.21. The molecule has 0 atom stereocenters. The van der Waals surface area contributed by atoms with Gasteiger partial charge in [0.25, 0.3) is 0 Å². The Balaban J connectivity index is 1.37. The zero-order chi connectivity index (χ0) is 16.6. The van der Waals surface area contributed by atoms with E-state index in [0.717, 1.165) is 38.2 Å². The highest BCUT2D eigenvalue weighted by atomic mass is 32.2. The molecular formula is C18H22N4OS. The Morgan fingerprint density at radius 1 is 1.12 bits per heavy atom. The van der Waals surface area contributed by atoms with E-state index in [9.17, 15) is 4.79 Å². The van der Waals surface area contributed by atoms with Crippen molar-refractivity contribution in [2.75, 3.05) is 30.7 Å². The number of anilines is 1. The standard InChI is InChI=1S/C18H22N4OS/c23-17(21-18-19-9-4-10-20-18)15-7-11-22(12-8-15)13-14-24-16-5-2-1-3-6-16/h1-6,9-10,15H,7-8,11-14H2,(H,19,20,21,23). The summed E-state index contributed by atoms with van der Waals surface area (Å²) >= 11 is 1.89. The largest absolute Gasteiger partial charge is 0.302 e. The molecule has 1 amide bonds. The summed E-state index contributed by atoms with van der Waals surface area (Å²) in [5, 5.41) is 2.81. The van der Waals surface area contributed by atoms with E-state index < -0.39 is 0 Å². The first-order valence-electron chi connectivity index (χ1n) is 8.29. The molecule has 0 unspecified atom stereocenters. The van der Waals surface area contributed by atoms with Gasteiger partial charge >= 0.3 is 0 Å². The van der Waals surface area contributed by atoms with E-state index >= 15 is 0 Å². The van der Waals surface area contributed by atoms with Crippen LogP contribution in [0.3, 0.4) is 0 Å². The Kier molecular flexibility index (Phi) is 6.20. The van der Waals surface area contributed by atoms with E-state index in [1.54, 1.807) is 18.5 Å². The van der Waals surface area contributed by atoms with E-state index in [1.165, 1.54) is 4.90 Å². The van der Waals surface area contributed by atoms with Crippen molar-refractivity contribution in [1.29, 1.82) is 0 Å². The minimum Gasteiger partial charge on any atom is -0.302 e. The maximum Gasteiger partial charge on any atom is 0.229 e. The lowest BCUT2D eigenvalue weighted by Gasteiger charge is -2.30. The number of rotatable bonds is 6. The van der Waals surface area contributed by atoms with Crippen molar-refractivity contribution < 1.29 is 4.79 Å². The van der Waals surface area contributed by atoms with Gasteiger partial charge in [0.15, 0.2) is 0 Å². The molecule has 3 rings (SSSR count). The van der Waals surface area contributed by atoms with E-state index in [-0.39, 0.29) is 11.8 Å². The molecule has 5 nitrogen and oxygen atoms in total. The van der Waals surface area contributed by atoms with Gasteiger partial charge in [-0.1, -0.05) is 18.2 Å². The van der Waals surface area contributed by atoms with Crippen LogP contribution in [0.25, 0.3) is 0 Å². The van der Waals surface area contributed by atoms with Crippen LogP contribution in [0.4, 0.5) is 5.95 Å². The zero-order valence-corrected chi connectivity index (χ0v) is 14.4. The second-order valence-corrected chi connectivity index (χ2v) is 7.01. The van der Waals surface area contributed by atoms with Gasteiger partial charge in [0.1, 0.15) is 0 Å². The number of carbonyl (C=O) groups excluding carboxylic acids is 1. The molecule has 0 aliphatic carbocycles. The van der Waals surface area contributed by atoms with Crippen molar-refractivity contribution >= 4 is 23.6 Å². The van der Waals surface area contributed by atoms with Gasteiger partial charge in [-0.05, 0) is 44.1 Å². The summed E-state index contributed by atoms with van der Waals surface area (Å²) in [7, 11) is 0. The predicted molar refractivity (Wildman–Crippen MR) is 97.0 cm³/mol. The van der Waals surface area contributed by atoms with Crippen molar-refractivity contribution in [2.24, 2.45) is 5.92 Å². The van der Waals surface area contributed by atoms with Crippen molar-refractivity contribution in [3.63, 3.8) is 0 Å². The van der Waals surface area contributed by atoms with Gasteiger partial charge < -0.3 is 4.90 Å². The smallest absolute Gasteiger partial charge is 0.229 e. The van der Waals surface area contributed by atoms with Crippen molar-refractivity contribution in [1.82, 2.24) is 14.9 Å². The number of likely N-dealkylation sites (tertiary alicyclic amines) is 1. The quantitative estimate of drug-likeness (QED) is 0.818. The lowest BCUT2D eigenvalue weighted by Crippen LogP contribution is -2.39. The Hall–Kier alpha value is -1.92. The molecule has 1 aromatic carbocycles. The molecule has 1 aliphatic heterocycles. The van der Waals surface area contributed by atoms with Gasteiger partial charge in [0, 0.05) is 35.5 Å². The minimum atomic E-state index is 0.0412. The van der Waals surface area contributed by atoms with Crippen LogP contribution >= 0.6 is 11.8 Å². The normalized spacial score (nSPS) is 16.0. The molecule has 0 radical (unpaired) electrons. The van der Waals surface area contributed by atoms with Crippen LogP contribution in [0.5, 0.6) is 0 Å². The maximum absolute atomic E-state index is 12.3. The molecule has 2 heterocycles. The van der Waals surface area contributed by atoms with E-state index in [1.807, 2.05) is 17.8 Å². The second kappa shape index (κ2) is 8.80. The average molecular weight is 342 g/mol. The second-order valence-electron chi connectivity index (χ2n) is 5.84. The Morgan fingerprint density at radius 2 is 1.83 bits per heavy atom. The molecule has 126 valence electrons. The van der Waals surface area contributed by atoms with Crippen molar-refractivity contribution in [2.45, 2.75) is 17.7 Å². The number of thioether (sulfide) groups is 1. The maximum atomic E-state index is 12.3. The van der Waals surface area contributed by atoms with Crippen LogP contribution in [0.2, 0.25) is 0 Å². The number of carbonyl (C=O) groups is 1. The monoisotopic (exact) mass is 342 g/mol. The molecule has 1 aromatic heterocycles. The molecule has 1 saturated heterocycles. The lowest BCUT2D eigenvalue weighted by atomic mass is 9.96. The number of aromatic nitrogens is 2. The third-order valence-corrected chi connectivity index (χ3v) is 5.17. The summed E-state index contributed by atoms with van der Waals surface area (Å²) in [5.74, 6) is 1.58. The summed E-state index contributed by atoms with van der Waals surface area (Å²) in [6.07, 6.45) is 5.06. The SMILES string of the molecule is O=C(Nc1ncccn1)C1CCN(CCSc2ccccc2)CC1. The molecule has 1 N–H and O–H groups in total. The summed E-state index contributed by atoms with van der Waals surface area (Å²) in [6, 6.07) is 12.2. The topological polar surface area (TPSA) is 58.1 Å². The third kappa shape index (κ3) is 5.04.